The molecule has 2 N–H and O–H groups in total. The van der Waals surface area contributed by atoms with Crippen molar-refractivity contribution in [2.24, 2.45) is 0 Å². The summed E-state index contributed by atoms with van der Waals surface area (Å²) in [4.78, 5) is 16.1. The molecule has 124 valence electrons. The molecule has 0 aliphatic rings. The summed E-state index contributed by atoms with van der Waals surface area (Å²) in [7, 11) is 0. The first-order valence-electron chi connectivity index (χ1n) is 7.61. The number of anilines is 1. The normalized spacial score (nSPS) is 11.0. The number of nitrogens with zero attached hydrogens (tertiary/aromatic N) is 2. The van der Waals surface area contributed by atoms with Crippen LogP contribution in [0.15, 0.2) is 36.5 Å². The average molecular weight is 340 g/mol. The van der Waals surface area contributed by atoms with Crippen molar-refractivity contribution in [3.63, 3.8) is 0 Å². The summed E-state index contributed by atoms with van der Waals surface area (Å²) in [5.41, 5.74) is 3.85. The first-order chi connectivity index (χ1) is 11.6. The monoisotopic (exact) mass is 340 g/mol. The van der Waals surface area contributed by atoms with Crippen LogP contribution in [0.5, 0.6) is 0 Å². The van der Waals surface area contributed by atoms with Crippen molar-refractivity contribution >= 4 is 28.6 Å². The minimum Gasteiger partial charge on any atom is -0.306 e. The third kappa shape index (κ3) is 4.21. The molecule has 0 aliphatic carbocycles. The van der Waals surface area contributed by atoms with Gasteiger partial charge >= 0.3 is 6.03 Å². The van der Waals surface area contributed by atoms with Gasteiger partial charge in [0.1, 0.15) is 11.8 Å². The number of urea groups is 1. The molecule has 0 saturated heterocycles. The summed E-state index contributed by atoms with van der Waals surface area (Å²) in [6, 6.07) is 11.2. The zero-order chi connectivity index (χ0) is 17.5. The molecule has 0 unspecified atom stereocenters. The Hall–Kier alpha value is -2.65. The van der Waals surface area contributed by atoms with Gasteiger partial charge in [-0.2, -0.15) is 5.26 Å². The first-order valence-corrected chi connectivity index (χ1v) is 8.57. The van der Waals surface area contributed by atoms with Crippen molar-refractivity contribution in [1.29, 1.82) is 5.26 Å². The molecule has 2 amide bonds. The molecule has 0 radical (unpaired) electrons. The van der Waals surface area contributed by atoms with Gasteiger partial charge in [0.2, 0.25) is 0 Å². The SMILES string of the molecule is C/C=[SH]/NC(=O)Nc1c(-c2ccnc(C#N)c2)cccc1C(C)C. The summed E-state index contributed by atoms with van der Waals surface area (Å²) in [6.07, 6.45) is 1.60. The minimum absolute atomic E-state index is 0.243. The molecule has 1 heterocycles. The molecule has 0 aliphatic heterocycles. The Labute approximate surface area is 145 Å². The predicted molar refractivity (Wildman–Crippen MR) is 101 cm³/mol. The first kappa shape index (κ1) is 17.7. The molecule has 0 fully saturated rings. The molecule has 1 aromatic carbocycles. The van der Waals surface area contributed by atoms with Crippen molar-refractivity contribution in [2.45, 2.75) is 26.7 Å². The van der Waals surface area contributed by atoms with Crippen LogP contribution in [-0.4, -0.2) is 16.4 Å². The van der Waals surface area contributed by atoms with Crippen LogP contribution in [0.3, 0.4) is 0 Å². The van der Waals surface area contributed by atoms with Crippen molar-refractivity contribution in [2.75, 3.05) is 5.32 Å². The van der Waals surface area contributed by atoms with Crippen LogP contribution in [0.1, 0.15) is 37.9 Å². The number of pyridine rings is 1. The second kappa shape index (κ2) is 8.27. The lowest BCUT2D eigenvalue weighted by atomic mass is 9.94. The maximum Gasteiger partial charge on any atom is 0.328 e. The fourth-order valence-electron chi connectivity index (χ4n) is 2.36. The molecule has 24 heavy (non-hydrogen) atoms. The summed E-state index contributed by atoms with van der Waals surface area (Å²) in [5.74, 6) is 0.243. The third-order valence-electron chi connectivity index (χ3n) is 3.44. The topological polar surface area (TPSA) is 77.8 Å². The van der Waals surface area contributed by atoms with Crippen LogP contribution in [-0.2, 0) is 0 Å². The van der Waals surface area contributed by atoms with Crippen LogP contribution in [0.2, 0.25) is 0 Å². The van der Waals surface area contributed by atoms with E-state index in [2.05, 4.69) is 28.9 Å². The summed E-state index contributed by atoms with van der Waals surface area (Å²) >= 11 is 0.738. The van der Waals surface area contributed by atoms with Crippen molar-refractivity contribution in [3.05, 3.63) is 47.8 Å². The molecular weight excluding hydrogens is 320 g/mol. The van der Waals surface area contributed by atoms with Crippen LogP contribution >= 0.6 is 11.5 Å². The van der Waals surface area contributed by atoms with E-state index in [1.54, 1.807) is 12.3 Å². The smallest absolute Gasteiger partial charge is 0.306 e. The van der Waals surface area contributed by atoms with Gasteiger partial charge in [-0.15, -0.1) is 11.5 Å². The Kier molecular flexibility index (Phi) is 6.10. The fourth-order valence-corrected chi connectivity index (χ4v) is 2.66. The number of hydrogen-bond donors (Lipinski definition) is 3. The molecule has 2 rings (SSSR count). The Balaban J connectivity index is 2.52. The van der Waals surface area contributed by atoms with Gasteiger partial charge in [-0.25, -0.2) is 9.78 Å². The lowest BCUT2D eigenvalue weighted by molar-refractivity contribution is 0.257. The third-order valence-corrected chi connectivity index (χ3v) is 4.03. The van der Waals surface area contributed by atoms with Crippen LogP contribution < -0.4 is 10.0 Å². The van der Waals surface area contributed by atoms with E-state index in [-0.39, 0.29) is 11.9 Å². The van der Waals surface area contributed by atoms with Crippen molar-refractivity contribution in [1.82, 2.24) is 9.71 Å². The molecular formula is C18H20N4OS. The summed E-state index contributed by atoms with van der Waals surface area (Å²) < 4.78 is 2.75. The molecule has 2 aromatic rings. The molecule has 0 spiro atoms. The van der Waals surface area contributed by atoms with Gasteiger partial charge in [-0.05, 0) is 41.5 Å². The van der Waals surface area contributed by atoms with E-state index >= 15 is 0 Å². The van der Waals surface area contributed by atoms with E-state index < -0.39 is 0 Å². The number of para-hydroxylation sites is 1. The lowest BCUT2D eigenvalue weighted by Gasteiger charge is -2.18. The number of amides is 2. The number of nitrogens with one attached hydrogen (secondary N) is 2. The van der Waals surface area contributed by atoms with Gasteiger partial charge in [0.15, 0.2) is 0 Å². The molecule has 1 aromatic heterocycles. The minimum atomic E-state index is -0.265. The standard InChI is InChI=1S/C18H20N4OS/c1-4-24-22-18(23)21-17-15(12(2)3)6-5-7-16(17)13-8-9-20-14(10-13)11-19/h4-10,12,24H,1-3H3,(H2,21,22,23). The number of carbonyl (C=O) groups is 1. The van der Waals surface area contributed by atoms with Crippen LogP contribution in [0.4, 0.5) is 10.5 Å². The Morgan fingerprint density at radius 3 is 2.83 bits per heavy atom. The number of benzene rings is 1. The van der Waals surface area contributed by atoms with E-state index in [1.165, 1.54) is 0 Å². The van der Waals surface area contributed by atoms with Gasteiger partial charge in [-0.3, -0.25) is 4.72 Å². The number of aromatic nitrogens is 1. The highest BCUT2D eigenvalue weighted by Crippen LogP contribution is 2.34. The maximum atomic E-state index is 12.1. The average Bonchev–Trinajstić information content (AvgIpc) is 2.60. The number of rotatable bonds is 4. The Morgan fingerprint density at radius 1 is 1.38 bits per heavy atom. The van der Waals surface area contributed by atoms with Crippen LogP contribution in [0, 0.1) is 11.3 Å². The number of thiol groups is 1. The Bertz CT molecular complexity index is 809. The second-order valence-corrected chi connectivity index (χ2v) is 6.42. The Morgan fingerprint density at radius 2 is 2.17 bits per heavy atom. The van der Waals surface area contributed by atoms with Gasteiger partial charge in [-0.1, -0.05) is 32.0 Å². The zero-order valence-electron chi connectivity index (χ0n) is 13.9. The van der Waals surface area contributed by atoms with E-state index in [0.717, 1.165) is 33.9 Å². The highest BCUT2D eigenvalue weighted by Gasteiger charge is 2.15. The highest BCUT2D eigenvalue weighted by molar-refractivity contribution is 7.96. The predicted octanol–water partition coefficient (Wildman–Crippen LogP) is 4.07. The molecule has 0 bridgehead atoms. The van der Waals surface area contributed by atoms with E-state index in [1.807, 2.05) is 42.6 Å². The quantitative estimate of drug-likeness (QED) is 0.580. The zero-order valence-corrected chi connectivity index (χ0v) is 14.8. The highest BCUT2D eigenvalue weighted by atomic mass is 32.1. The van der Waals surface area contributed by atoms with E-state index in [4.69, 9.17) is 5.26 Å². The fraction of sp³-hybridized carbons (Fsp3) is 0.222. The van der Waals surface area contributed by atoms with Gasteiger partial charge in [0, 0.05) is 11.8 Å². The summed E-state index contributed by atoms with van der Waals surface area (Å²) in [5, 5.41) is 13.9. The largest absolute Gasteiger partial charge is 0.328 e. The molecule has 5 nitrogen and oxygen atoms in total. The molecule has 0 atom stereocenters. The van der Waals surface area contributed by atoms with Crippen LogP contribution in [0.25, 0.3) is 11.1 Å². The van der Waals surface area contributed by atoms with E-state index in [9.17, 15) is 4.79 Å². The van der Waals surface area contributed by atoms with Crippen molar-refractivity contribution < 1.29 is 4.79 Å². The maximum absolute atomic E-state index is 12.1. The molecule has 6 heteroatoms. The lowest BCUT2D eigenvalue weighted by Crippen LogP contribution is -2.23. The summed E-state index contributed by atoms with van der Waals surface area (Å²) in [6.45, 7) is 6.02. The number of carbonyl (C=O) groups excluding carboxylic acids is 1. The van der Waals surface area contributed by atoms with Gasteiger partial charge < -0.3 is 5.32 Å². The van der Waals surface area contributed by atoms with Gasteiger partial charge in [0.05, 0.1) is 5.69 Å². The molecule has 0 saturated carbocycles. The number of nitriles is 1. The van der Waals surface area contributed by atoms with E-state index in [0.29, 0.717) is 5.69 Å². The van der Waals surface area contributed by atoms with Crippen molar-refractivity contribution in [3.8, 4) is 17.2 Å². The second-order valence-electron chi connectivity index (χ2n) is 5.42. The van der Waals surface area contributed by atoms with Gasteiger partial charge in [0.25, 0.3) is 0 Å². The number of hydrogen-bond acceptors (Lipinski definition) is 3.